The summed E-state index contributed by atoms with van der Waals surface area (Å²) in [6.07, 6.45) is 0. The molecule has 2 amide bonds. The largest absolute Gasteiger partial charge is 0.397 e. The molecular weight excluding hydrogens is 206 g/mol. The number of hydrogen-bond acceptors (Lipinski definition) is 4. The first-order valence-electron chi connectivity index (χ1n) is 4.70. The van der Waals surface area contributed by atoms with E-state index in [1.165, 1.54) is 0 Å². The predicted octanol–water partition coefficient (Wildman–Crippen LogP) is 0.221. The van der Waals surface area contributed by atoms with Crippen molar-refractivity contribution in [3.05, 3.63) is 23.8 Å². The molecule has 6 heteroatoms. The SMILES string of the molecule is N#Cc1ccc(NCCNC(N)=O)c(N)c1. The van der Waals surface area contributed by atoms with Gasteiger partial charge in [-0.2, -0.15) is 5.26 Å². The molecule has 0 saturated heterocycles. The Balaban J connectivity index is 2.49. The number of rotatable bonds is 4. The number of amides is 2. The number of carbonyl (C=O) groups excluding carboxylic acids is 1. The summed E-state index contributed by atoms with van der Waals surface area (Å²) in [6, 6.07) is 6.41. The van der Waals surface area contributed by atoms with E-state index in [0.717, 1.165) is 5.69 Å². The van der Waals surface area contributed by atoms with Gasteiger partial charge in [0, 0.05) is 13.1 Å². The molecule has 0 fully saturated rings. The maximum atomic E-state index is 10.4. The van der Waals surface area contributed by atoms with E-state index in [4.69, 9.17) is 16.7 Å². The fraction of sp³-hybridized carbons (Fsp3) is 0.200. The first-order chi connectivity index (χ1) is 7.63. The van der Waals surface area contributed by atoms with Crippen molar-refractivity contribution in [2.24, 2.45) is 5.73 Å². The van der Waals surface area contributed by atoms with Gasteiger partial charge in [-0.05, 0) is 18.2 Å². The van der Waals surface area contributed by atoms with Crippen LogP contribution in [0.15, 0.2) is 18.2 Å². The van der Waals surface area contributed by atoms with E-state index in [2.05, 4.69) is 10.6 Å². The van der Waals surface area contributed by atoms with Crippen molar-refractivity contribution >= 4 is 17.4 Å². The lowest BCUT2D eigenvalue weighted by Gasteiger charge is -2.09. The number of hydrogen-bond donors (Lipinski definition) is 4. The van der Waals surface area contributed by atoms with E-state index in [9.17, 15) is 4.79 Å². The average Bonchev–Trinajstić information content (AvgIpc) is 2.25. The summed E-state index contributed by atoms with van der Waals surface area (Å²) >= 11 is 0. The Morgan fingerprint density at radius 2 is 2.19 bits per heavy atom. The Hall–Kier alpha value is -2.42. The van der Waals surface area contributed by atoms with E-state index in [1.54, 1.807) is 18.2 Å². The maximum absolute atomic E-state index is 10.4. The Morgan fingerprint density at radius 3 is 2.75 bits per heavy atom. The second-order valence-electron chi connectivity index (χ2n) is 3.13. The van der Waals surface area contributed by atoms with Crippen molar-refractivity contribution < 1.29 is 4.79 Å². The Bertz CT molecular complexity index is 424. The second-order valence-corrected chi connectivity index (χ2v) is 3.13. The molecule has 1 aromatic carbocycles. The lowest BCUT2D eigenvalue weighted by molar-refractivity contribution is 0.249. The lowest BCUT2D eigenvalue weighted by Crippen LogP contribution is -2.33. The van der Waals surface area contributed by atoms with Crippen molar-refractivity contribution in [3.8, 4) is 6.07 Å². The molecule has 0 spiro atoms. The van der Waals surface area contributed by atoms with E-state index >= 15 is 0 Å². The van der Waals surface area contributed by atoms with Gasteiger partial charge in [0.05, 0.1) is 23.0 Å². The molecule has 0 aliphatic rings. The highest BCUT2D eigenvalue weighted by Crippen LogP contribution is 2.18. The number of nitrogens with two attached hydrogens (primary N) is 2. The molecule has 0 aromatic heterocycles. The van der Waals surface area contributed by atoms with Crippen molar-refractivity contribution in [2.45, 2.75) is 0 Å². The van der Waals surface area contributed by atoms with Gasteiger partial charge in [0.1, 0.15) is 0 Å². The van der Waals surface area contributed by atoms with Crippen molar-refractivity contribution in [1.29, 1.82) is 5.26 Å². The van der Waals surface area contributed by atoms with Crippen LogP contribution in [0.4, 0.5) is 16.2 Å². The fourth-order valence-electron chi connectivity index (χ4n) is 1.18. The predicted molar refractivity (Wildman–Crippen MR) is 61.6 cm³/mol. The molecule has 84 valence electrons. The van der Waals surface area contributed by atoms with Crippen molar-refractivity contribution in [3.63, 3.8) is 0 Å². The number of nitrogen functional groups attached to an aromatic ring is 1. The molecule has 0 aliphatic carbocycles. The molecule has 0 saturated carbocycles. The number of nitrogens with zero attached hydrogens (tertiary/aromatic N) is 1. The molecule has 0 bridgehead atoms. The van der Waals surface area contributed by atoms with Crippen LogP contribution in [0.1, 0.15) is 5.56 Å². The van der Waals surface area contributed by atoms with E-state index in [1.807, 2.05) is 6.07 Å². The molecule has 0 aliphatic heterocycles. The zero-order valence-electron chi connectivity index (χ0n) is 8.66. The van der Waals surface area contributed by atoms with Crippen LogP contribution in [0.3, 0.4) is 0 Å². The molecule has 16 heavy (non-hydrogen) atoms. The molecule has 6 nitrogen and oxygen atoms in total. The number of primary amides is 1. The maximum Gasteiger partial charge on any atom is 0.312 e. The van der Waals surface area contributed by atoms with Gasteiger partial charge in [-0.25, -0.2) is 4.79 Å². The highest BCUT2D eigenvalue weighted by molar-refractivity contribution is 5.71. The van der Waals surface area contributed by atoms with Crippen LogP contribution in [-0.2, 0) is 0 Å². The third-order valence-corrected chi connectivity index (χ3v) is 1.92. The monoisotopic (exact) mass is 219 g/mol. The number of nitrogens with one attached hydrogen (secondary N) is 2. The lowest BCUT2D eigenvalue weighted by atomic mass is 10.2. The molecule has 0 radical (unpaired) electrons. The zero-order valence-corrected chi connectivity index (χ0v) is 8.66. The summed E-state index contributed by atoms with van der Waals surface area (Å²) in [5, 5.41) is 14.1. The topological polar surface area (TPSA) is 117 Å². The number of carbonyl (C=O) groups is 1. The highest BCUT2D eigenvalue weighted by Gasteiger charge is 1.99. The Kier molecular flexibility index (Phi) is 3.98. The molecule has 0 heterocycles. The van der Waals surface area contributed by atoms with E-state index < -0.39 is 6.03 Å². The highest BCUT2D eigenvalue weighted by atomic mass is 16.2. The Labute approximate surface area is 93.2 Å². The summed E-state index contributed by atoms with van der Waals surface area (Å²) in [5.41, 5.74) is 12.4. The minimum Gasteiger partial charge on any atom is -0.397 e. The summed E-state index contributed by atoms with van der Waals surface area (Å²) < 4.78 is 0. The van der Waals surface area contributed by atoms with Crippen LogP contribution in [0.2, 0.25) is 0 Å². The quantitative estimate of drug-likeness (QED) is 0.428. The van der Waals surface area contributed by atoms with Gasteiger partial charge in [-0.15, -0.1) is 0 Å². The van der Waals surface area contributed by atoms with E-state index in [-0.39, 0.29) is 0 Å². The molecule has 1 aromatic rings. The molecule has 6 N–H and O–H groups in total. The molecule has 0 atom stereocenters. The first kappa shape index (κ1) is 11.7. The third kappa shape index (κ3) is 3.38. The fourth-order valence-corrected chi connectivity index (χ4v) is 1.18. The zero-order chi connectivity index (χ0) is 12.0. The molecular formula is C10H13N5O. The average molecular weight is 219 g/mol. The van der Waals surface area contributed by atoms with Crippen LogP contribution in [0, 0.1) is 11.3 Å². The summed E-state index contributed by atoms with van der Waals surface area (Å²) in [5.74, 6) is 0. The van der Waals surface area contributed by atoms with Crippen LogP contribution < -0.4 is 22.1 Å². The molecule has 1 rings (SSSR count). The summed E-state index contributed by atoms with van der Waals surface area (Å²) in [7, 11) is 0. The van der Waals surface area contributed by atoms with E-state index in [0.29, 0.717) is 24.3 Å². The minimum absolute atomic E-state index is 0.411. The Morgan fingerprint density at radius 1 is 1.44 bits per heavy atom. The van der Waals surface area contributed by atoms with Crippen LogP contribution in [0.25, 0.3) is 0 Å². The third-order valence-electron chi connectivity index (χ3n) is 1.92. The first-order valence-corrected chi connectivity index (χ1v) is 4.70. The van der Waals surface area contributed by atoms with Gasteiger partial charge in [-0.3, -0.25) is 0 Å². The van der Waals surface area contributed by atoms with Gasteiger partial charge in [0.2, 0.25) is 0 Å². The van der Waals surface area contributed by atoms with Gasteiger partial charge in [0.25, 0.3) is 0 Å². The summed E-state index contributed by atoms with van der Waals surface area (Å²) in [6.45, 7) is 0.924. The second kappa shape index (κ2) is 5.46. The minimum atomic E-state index is -0.561. The van der Waals surface area contributed by atoms with Gasteiger partial charge >= 0.3 is 6.03 Å². The number of benzene rings is 1. The van der Waals surface area contributed by atoms with Crippen molar-refractivity contribution in [2.75, 3.05) is 24.1 Å². The number of nitriles is 1. The smallest absolute Gasteiger partial charge is 0.312 e. The molecule has 0 unspecified atom stereocenters. The van der Waals surface area contributed by atoms with Crippen molar-refractivity contribution in [1.82, 2.24) is 5.32 Å². The normalized spacial score (nSPS) is 9.19. The van der Waals surface area contributed by atoms with Gasteiger partial charge in [-0.1, -0.05) is 0 Å². The van der Waals surface area contributed by atoms with Gasteiger partial charge in [0.15, 0.2) is 0 Å². The number of urea groups is 1. The van der Waals surface area contributed by atoms with Crippen LogP contribution in [0.5, 0.6) is 0 Å². The standard InChI is InChI=1S/C10H13N5O/c11-6-7-1-2-9(8(12)5-7)14-3-4-15-10(13)16/h1-2,5,14H,3-4,12H2,(H3,13,15,16). The van der Waals surface area contributed by atoms with Crippen LogP contribution in [-0.4, -0.2) is 19.1 Å². The number of anilines is 2. The van der Waals surface area contributed by atoms with Gasteiger partial charge < -0.3 is 22.1 Å². The van der Waals surface area contributed by atoms with Crippen LogP contribution >= 0.6 is 0 Å². The summed E-state index contributed by atoms with van der Waals surface area (Å²) in [4.78, 5) is 10.4.